The summed E-state index contributed by atoms with van der Waals surface area (Å²) in [5.41, 5.74) is 0.495. The van der Waals surface area contributed by atoms with Crippen LogP contribution in [0.3, 0.4) is 0 Å². The van der Waals surface area contributed by atoms with Crippen molar-refractivity contribution < 1.29 is 81.2 Å². The van der Waals surface area contributed by atoms with Crippen LogP contribution in [0.15, 0.2) is 54.6 Å². The zero-order valence-electron chi connectivity index (χ0n) is 42.4. The van der Waals surface area contributed by atoms with Crippen molar-refractivity contribution in [1.82, 2.24) is 37.2 Å². The van der Waals surface area contributed by atoms with Gasteiger partial charge in [0.25, 0.3) is 5.91 Å². The Bertz CT molecular complexity index is 2320. The van der Waals surface area contributed by atoms with Gasteiger partial charge >= 0.3 is 24.1 Å². The molecule has 74 heavy (non-hydrogen) atoms. The number of Topliss-reactive ketones (excluding diaryl/α,β-unsaturated/α-hetero) is 1. The molecule has 2 aromatic rings. The first kappa shape index (κ1) is 62.7. The maximum Gasteiger partial charge on any atom is 0.391 e. The highest BCUT2D eigenvalue weighted by Crippen LogP contribution is 2.25. The number of rotatable bonds is 30. The van der Waals surface area contributed by atoms with Crippen molar-refractivity contribution in [2.24, 2.45) is 11.3 Å². The van der Waals surface area contributed by atoms with Crippen LogP contribution >= 0.6 is 0 Å². The third-order valence-corrected chi connectivity index (χ3v) is 11.3. The molecule has 0 aliphatic rings. The van der Waals surface area contributed by atoms with Crippen LogP contribution in [-0.4, -0.2) is 123 Å². The number of amides is 7. The van der Waals surface area contributed by atoms with Gasteiger partial charge in [-0.2, -0.15) is 13.2 Å². The smallest absolute Gasteiger partial charge is 0.391 e. The molecule has 0 aliphatic heterocycles. The normalized spacial score (nSPS) is 14.3. The molecule has 0 saturated carbocycles. The summed E-state index contributed by atoms with van der Waals surface area (Å²) in [5, 5.41) is 44.2. The highest BCUT2D eigenvalue weighted by atomic mass is 19.4. The van der Waals surface area contributed by atoms with E-state index in [1.54, 1.807) is 82.3 Å². The lowest BCUT2D eigenvalue weighted by atomic mass is 9.85. The second kappa shape index (κ2) is 29.3. The molecule has 0 spiro atoms. The topological polar surface area (TPSA) is 333 Å². The van der Waals surface area contributed by atoms with Gasteiger partial charge in [-0.25, -0.2) is 0 Å². The lowest BCUT2D eigenvalue weighted by molar-refractivity contribution is -0.154. The molecule has 0 aliphatic carbocycles. The fourth-order valence-electron chi connectivity index (χ4n) is 7.49. The van der Waals surface area contributed by atoms with Gasteiger partial charge in [0.1, 0.15) is 36.3 Å². The molecule has 2 rings (SSSR count). The van der Waals surface area contributed by atoms with Crippen LogP contribution in [0, 0.1) is 18.3 Å². The molecule has 408 valence electrons. The number of carbonyl (C=O) groups is 11. The molecule has 1 unspecified atom stereocenters. The standard InChI is InChI=1S/C50H68F3N7O14/c1-8-14-31(29-16-10-9-11-17-29)55-47(73)41(68)36(26-50(51,52)53)59-44(70)33(23-27(2)3)58-48(74)42(49(5,6)7)60-46(72)34(24-30-18-13-12-15-28(30)4)57-43(69)32(19-21-38(62)63)56-45(71)35(25-40(66)67)54-37(61)20-22-39(64)65/h9-13,15-18,27,31-36,42H,8,14,19-26H2,1-7H3,(H,54,61)(H,55,73)(H,56,71)(H,57,69)(H,58,74)(H,59,70)(H,60,72)(H,62,63)(H,64,65)(H,66,67)/t31-,32+,33+,34+,35+,36?,42-/m1/s1. The number of benzene rings is 2. The average molecular weight is 1050 g/mol. The first-order valence-electron chi connectivity index (χ1n) is 23.9. The lowest BCUT2D eigenvalue weighted by Crippen LogP contribution is -2.62. The number of hydrogen-bond donors (Lipinski definition) is 10. The number of alkyl halides is 3. The number of carbonyl (C=O) groups excluding carboxylic acids is 8. The van der Waals surface area contributed by atoms with Crippen molar-refractivity contribution in [2.75, 3.05) is 0 Å². The quantitative estimate of drug-likeness (QED) is 0.0504. The summed E-state index contributed by atoms with van der Waals surface area (Å²) in [4.78, 5) is 144. The molecule has 0 aromatic heterocycles. The van der Waals surface area contributed by atoms with Gasteiger partial charge in [0.15, 0.2) is 0 Å². The fourth-order valence-corrected chi connectivity index (χ4v) is 7.49. The summed E-state index contributed by atoms with van der Waals surface area (Å²) in [6.45, 7) is 11.3. The second-order valence-electron chi connectivity index (χ2n) is 19.3. The summed E-state index contributed by atoms with van der Waals surface area (Å²) in [5.74, 6) is -14.5. The minimum atomic E-state index is -5.05. The number of aliphatic carboxylic acids is 3. The minimum absolute atomic E-state index is 0.206. The van der Waals surface area contributed by atoms with E-state index in [-0.39, 0.29) is 12.8 Å². The van der Waals surface area contributed by atoms with Crippen LogP contribution in [0.1, 0.15) is 122 Å². The van der Waals surface area contributed by atoms with Gasteiger partial charge in [0.2, 0.25) is 41.2 Å². The molecule has 0 fully saturated rings. The number of halogens is 3. The van der Waals surface area contributed by atoms with Gasteiger partial charge in [0.05, 0.1) is 25.3 Å². The molecule has 10 N–H and O–H groups in total. The van der Waals surface area contributed by atoms with E-state index in [0.717, 1.165) is 0 Å². The van der Waals surface area contributed by atoms with Gasteiger partial charge in [-0.05, 0) is 54.2 Å². The number of carboxylic acid groups (broad SMARTS) is 3. The molecule has 2 aromatic carbocycles. The Morgan fingerprint density at radius 2 is 1.09 bits per heavy atom. The Morgan fingerprint density at radius 3 is 1.64 bits per heavy atom. The van der Waals surface area contributed by atoms with E-state index in [9.17, 15) is 76.1 Å². The molecular formula is C50H68F3N7O14. The van der Waals surface area contributed by atoms with Crippen molar-refractivity contribution in [1.29, 1.82) is 0 Å². The zero-order valence-corrected chi connectivity index (χ0v) is 42.4. The molecular weight excluding hydrogens is 980 g/mol. The van der Waals surface area contributed by atoms with E-state index in [1.807, 2.05) is 5.32 Å². The van der Waals surface area contributed by atoms with Gasteiger partial charge in [-0.1, -0.05) is 103 Å². The van der Waals surface area contributed by atoms with Crippen LogP contribution in [0.5, 0.6) is 0 Å². The van der Waals surface area contributed by atoms with Crippen molar-refractivity contribution >= 4 is 65.0 Å². The van der Waals surface area contributed by atoms with E-state index in [0.29, 0.717) is 29.5 Å². The Morgan fingerprint density at radius 1 is 0.568 bits per heavy atom. The maximum absolute atomic E-state index is 14.4. The number of aryl methyl sites for hydroxylation is 1. The molecule has 24 heteroatoms. The maximum atomic E-state index is 14.4. The van der Waals surface area contributed by atoms with E-state index < -0.39 is 163 Å². The third-order valence-electron chi connectivity index (χ3n) is 11.3. The summed E-state index contributed by atoms with van der Waals surface area (Å²) in [6.07, 6.45) is -10.3. The minimum Gasteiger partial charge on any atom is -0.481 e. The Balaban J connectivity index is 2.52. The SMILES string of the molecule is CCC[C@@H](NC(=O)C(=O)C(CC(F)(F)F)NC(=O)[C@H](CC(C)C)NC(=O)[C@@H](NC(=O)[C@H](Cc1ccccc1C)NC(=O)[C@H](CCC(=O)O)NC(=O)[C@H](CC(=O)O)NC(=O)CCC(=O)O)C(C)(C)C)c1ccccc1. The number of carboxylic acids is 3. The first-order chi connectivity index (χ1) is 34.4. The second-order valence-corrected chi connectivity index (χ2v) is 19.3. The van der Waals surface area contributed by atoms with Gasteiger partial charge in [-0.15, -0.1) is 0 Å². The highest BCUT2D eigenvalue weighted by molar-refractivity contribution is 6.38. The van der Waals surface area contributed by atoms with Crippen molar-refractivity contribution in [3.05, 3.63) is 71.3 Å². The van der Waals surface area contributed by atoms with E-state index >= 15 is 0 Å². The van der Waals surface area contributed by atoms with E-state index in [4.69, 9.17) is 5.11 Å². The summed E-state index contributed by atoms with van der Waals surface area (Å²) in [6, 6.07) is 3.36. The summed E-state index contributed by atoms with van der Waals surface area (Å²) in [7, 11) is 0. The van der Waals surface area contributed by atoms with Crippen LogP contribution in [0.2, 0.25) is 0 Å². The molecule has 7 amide bonds. The fraction of sp³-hybridized carbons (Fsp3) is 0.540. The lowest BCUT2D eigenvalue weighted by Gasteiger charge is -2.34. The van der Waals surface area contributed by atoms with Crippen LogP contribution in [0.25, 0.3) is 0 Å². The van der Waals surface area contributed by atoms with E-state index in [2.05, 4.69) is 31.9 Å². The van der Waals surface area contributed by atoms with Crippen molar-refractivity contribution in [2.45, 2.75) is 161 Å². The molecule has 0 saturated heterocycles. The molecule has 0 heterocycles. The molecule has 0 radical (unpaired) electrons. The van der Waals surface area contributed by atoms with Gasteiger partial charge in [0, 0.05) is 19.3 Å². The van der Waals surface area contributed by atoms with Gasteiger partial charge in [-0.3, -0.25) is 52.7 Å². The van der Waals surface area contributed by atoms with Crippen molar-refractivity contribution in [3.8, 4) is 0 Å². The zero-order chi connectivity index (χ0) is 56.1. The third kappa shape index (κ3) is 22.6. The Hall–Kier alpha value is -7.40. The Kier molecular flexibility index (Phi) is 24.9. The number of hydrogen-bond acceptors (Lipinski definition) is 11. The van der Waals surface area contributed by atoms with Crippen LogP contribution in [-0.2, 0) is 59.2 Å². The molecule has 0 bridgehead atoms. The highest BCUT2D eigenvalue weighted by Gasteiger charge is 2.42. The summed E-state index contributed by atoms with van der Waals surface area (Å²) >= 11 is 0. The average Bonchev–Trinajstić information content (AvgIpc) is 3.29. The largest absolute Gasteiger partial charge is 0.481 e. The number of nitrogens with one attached hydrogen (secondary N) is 7. The van der Waals surface area contributed by atoms with Crippen LogP contribution in [0.4, 0.5) is 13.2 Å². The van der Waals surface area contributed by atoms with Crippen LogP contribution < -0.4 is 37.2 Å². The molecule has 7 atom stereocenters. The summed E-state index contributed by atoms with van der Waals surface area (Å²) < 4.78 is 41.9. The van der Waals surface area contributed by atoms with Crippen molar-refractivity contribution in [3.63, 3.8) is 0 Å². The monoisotopic (exact) mass is 1050 g/mol. The van der Waals surface area contributed by atoms with Gasteiger partial charge < -0.3 is 52.5 Å². The first-order valence-corrected chi connectivity index (χ1v) is 23.9. The predicted molar refractivity (Wildman–Crippen MR) is 259 cm³/mol. The van der Waals surface area contributed by atoms with E-state index in [1.165, 1.54) is 20.8 Å². The molecule has 21 nitrogen and oxygen atoms in total. The predicted octanol–water partition coefficient (Wildman–Crippen LogP) is 2.92. The Labute approximate surface area is 426 Å². The number of ketones is 1.